The summed E-state index contributed by atoms with van der Waals surface area (Å²) in [5.74, 6) is 0. The van der Waals surface area contributed by atoms with Crippen molar-refractivity contribution in [1.82, 2.24) is 9.78 Å². The molecule has 0 aliphatic carbocycles. The fourth-order valence-electron chi connectivity index (χ4n) is 2.54. The summed E-state index contributed by atoms with van der Waals surface area (Å²) in [6.07, 6.45) is 0.491. The van der Waals surface area contributed by atoms with Crippen LogP contribution in [0, 0.1) is 6.92 Å². The van der Waals surface area contributed by atoms with Gasteiger partial charge in [-0.1, -0.05) is 41.9 Å². The summed E-state index contributed by atoms with van der Waals surface area (Å²) in [6.45, 7) is 4.55. The molecular formula is C16H22ClN3O. The van der Waals surface area contributed by atoms with E-state index in [0.29, 0.717) is 18.2 Å². The van der Waals surface area contributed by atoms with Gasteiger partial charge in [0.25, 0.3) is 0 Å². The van der Waals surface area contributed by atoms with Crippen LogP contribution in [0.5, 0.6) is 0 Å². The minimum atomic E-state index is -0.173. The van der Waals surface area contributed by atoms with Crippen molar-refractivity contribution in [3.8, 4) is 0 Å². The van der Waals surface area contributed by atoms with Crippen LogP contribution >= 0.6 is 11.6 Å². The summed E-state index contributed by atoms with van der Waals surface area (Å²) < 4.78 is 7.53. The molecule has 0 bridgehead atoms. The highest BCUT2D eigenvalue weighted by Gasteiger charge is 2.23. The lowest BCUT2D eigenvalue weighted by atomic mass is 9.97. The van der Waals surface area contributed by atoms with Crippen molar-refractivity contribution in [3.63, 3.8) is 0 Å². The summed E-state index contributed by atoms with van der Waals surface area (Å²) in [4.78, 5) is 0. The third-order valence-electron chi connectivity index (χ3n) is 3.57. The summed E-state index contributed by atoms with van der Waals surface area (Å²) in [7, 11) is 1.83. The van der Waals surface area contributed by atoms with Gasteiger partial charge in [0.2, 0.25) is 0 Å². The molecule has 0 amide bonds. The quantitative estimate of drug-likeness (QED) is 0.892. The Bertz CT molecular complexity index is 583. The molecule has 2 aromatic rings. The van der Waals surface area contributed by atoms with Crippen LogP contribution < -0.4 is 5.73 Å². The number of hydrogen-bond donors (Lipinski definition) is 1. The van der Waals surface area contributed by atoms with Crippen LogP contribution in [0.4, 0.5) is 0 Å². The molecule has 2 atom stereocenters. The molecule has 0 aliphatic heterocycles. The van der Waals surface area contributed by atoms with Crippen molar-refractivity contribution in [2.75, 3.05) is 6.61 Å². The summed E-state index contributed by atoms with van der Waals surface area (Å²) in [5, 5.41) is 4.97. The van der Waals surface area contributed by atoms with Crippen LogP contribution in [0.25, 0.3) is 0 Å². The van der Waals surface area contributed by atoms with E-state index in [1.165, 1.54) is 0 Å². The molecule has 2 unspecified atom stereocenters. The predicted molar refractivity (Wildman–Crippen MR) is 85.4 cm³/mol. The fraction of sp³-hybridized carbons (Fsp3) is 0.438. The third-order valence-corrected chi connectivity index (χ3v) is 4.05. The molecule has 5 heteroatoms. The summed E-state index contributed by atoms with van der Waals surface area (Å²) in [6, 6.07) is 9.88. The van der Waals surface area contributed by atoms with Gasteiger partial charge in [-0.25, -0.2) is 0 Å². The Morgan fingerprint density at radius 2 is 2.00 bits per heavy atom. The van der Waals surface area contributed by atoms with Crippen LogP contribution in [0.2, 0.25) is 5.15 Å². The predicted octanol–water partition coefficient (Wildman–Crippen LogP) is 3.03. The molecule has 0 saturated carbocycles. The van der Waals surface area contributed by atoms with Gasteiger partial charge in [-0.15, -0.1) is 0 Å². The monoisotopic (exact) mass is 307 g/mol. The second-order valence-electron chi connectivity index (χ2n) is 5.13. The van der Waals surface area contributed by atoms with Gasteiger partial charge in [-0.05, 0) is 25.8 Å². The largest absolute Gasteiger partial charge is 0.372 e. The molecule has 114 valence electrons. The van der Waals surface area contributed by atoms with Gasteiger partial charge in [0.15, 0.2) is 0 Å². The van der Waals surface area contributed by atoms with Crippen molar-refractivity contribution >= 4 is 11.6 Å². The van der Waals surface area contributed by atoms with E-state index in [9.17, 15) is 0 Å². The Hall–Kier alpha value is -1.36. The Morgan fingerprint density at radius 3 is 2.52 bits per heavy atom. The molecule has 0 fully saturated rings. The first-order valence-corrected chi connectivity index (χ1v) is 7.52. The van der Waals surface area contributed by atoms with Crippen molar-refractivity contribution in [2.24, 2.45) is 12.8 Å². The Balaban J connectivity index is 2.21. The number of nitrogens with zero attached hydrogens (tertiary/aromatic N) is 2. The molecule has 0 radical (unpaired) electrons. The molecule has 1 heterocycles. The standard InChI is InChI=1S/C16H22ClN3O/c1-4-21-15(12-8-6-5-7-9-12)14(18)10-13-11(2)19-20(3)16(13)17/h5-9,14-15H,4,10,18H2,1-3H3. The molecule has 2 N–H and O–H groups in total. The topological polar surface area (TPSA) is 53.1 Å². The first-order chi connectivity index (χ1) is 10.0. The number of aryl methyl sites for hydroxylation is 2. The minimum absolute atomic E-state index is 0.146. The molecule has 0 spiro atoms. The zero-order chi connectivity index (χ0) is 15.4. The van der Waals surface area contributed by atoms with Gasteiger partial charge >= 0.3 is 0 Å². The average molecular weight is 308 g/mol. The number of nitrogens with two attached hydrogens (primary N) is 1. The molecule has 1 aromatic heterocycles. The molecule has 0 saturated heterocycles. The number of hydrogen-bond acceptors (Lipinski definition) is 3. The van der Waals surface area contributed by atoms with Gasteiger partial charge in [-0.2, -0.15) is 5.10 Å². The van der Waals surface area contributed by atoms with E-state index >= 15 is 0 Å². The summed E-state index contributed by atoms with van der Waals surface area (Å²) in [5.41, 5.74) is 9.39. The van der Waals surface area contributed by atoms with Crippen LogP contribution in [0.1, 0.15) is 29.8 Å². The maximum Gasteiger partial charge on any atom is 0.130 e. The highest BCUT2D eigenvalue weighted by molar-refractivity contribution is 6.30. The molecular weight excluding hydrogens is 286 g/mol. The van der Waals surface area contributed by atoms with Crippen LogP contribution in [0.3, 0.4) is 0 Å². The zero-order valence-corrected chi connectivity index (χ0v) is 13.5. The van der Waals surface area contributed by atoms with E-state index in [0.717, 1.165) is 16.8 Å². The zero-order valence-electron chi connectivity index (χ0n) is 12.7. The minimum Gasteiger partial charge on any atom is -0.372 e. The SMILES string of the molecule is CCOC(c1ccccc1)C(N)Cc1c(C)nn(C)c1Cl. The van der Waals surface area contributed by atoms with E-state index in [1.54, 1.807) is 4.68 Å². The maximum atomic E-state index is 6.39. The van der Waals surface area contributed by atoms with E-state index in [1.807, 2.05) is 51.2 Å². The number of benzene rings is 1. The number of halogens is 1. The van der Waals surface area contributed by atoms with Crippen LogP contribution in [0.15, 0.2) is 30.3 Å². The lowest BCUT2D eigenvalue weighted by molar-refractivity contribution is 0.0433. The number of rotatable bonds is 6. The van der Waals surface area contributed by atoms with E-state index in [2.05, 4.69) is 5.10 Å². The summed E-state index contributed by atoms with van der Waals surface area (Å²) >= 11 is 6.29. The van der Waals surface area contributed by atoms with E-state index < -0.39 is 0 Å². The van der Waals surface area contributed by atoms with Gasteiger partial charge in [-0.3, -0.25) is 4.68 Å². The molecule has 1 aromatic carbocycles. The van der Waals surface area contributed by atoms with Crippen LogP contribution in [-0.2, 0) is 18.2 Å². The van der Waals surface area contributed by atoms with E-state index in [4.69, 9.17) is 22.1 Å². The van der Waals surface area contributed by atoms with Crippen molar-refractivity contribution in [1.29, 1.82) is 0 Å². The molecule has 4 nitrogen and oxygen atoms in total. The fourth-order valence-corrected chi connectivity index (χ4v) is 2.79. The highest BCUT2D eigenvalue weighted by Crippen LogP contribution is 2.26. The normalized spacial score (nSPS) is 14.1. The van der Waals surface area contributed by atoms with Gasteiger partial charge in [0, 0.05) is 25.3 Å². The van der Waals surface area contributed by atoms with Gasteiger partial charge < -0.3 is 10.5 Å². The maximum absolute atomic E-state index is 6.39. The number of ether oxygens (including phenoxy) is 1. The van der Waals surface area contributed by atoms with Crippen LogP contribution in [-0.4, -0.2) is 22.4 Å². The Kier molecular flexibility index (Phi) is 5.39. The second-order valence-corrected chi connectivity index (χ2v) is 5.49. The van der Waals surface area contributed by atoms with E-state index in [-0.39, 0.29) is 12.1 Å². The Labute approximate surface area is 130 Å². The van der Waals surface area contributed by atoms with Gasteiger partial charge in [0.1, 0.15) is 5.15 Å². The number of aromatic nitrogens is 2. The Morgan fingerprint density at radius 1 is 1.33 bits per heavy atom. The van der Waals surface area contributed by atoms with Gasteiger partial charge in [0.05, 0.1) is 11.8 Å². The third kappa shape index (κ3) is 3.64. The van der Waals surface area contributed by atoms with Crippen molar-refractivity contribution < 1.29 is 4.74 Å². The molecule has 0 aliphatic rings. The smallest absolute Gasteiger partial charge is 0.130 e. The van der Waals surface area contributed by atoms with Crippen molar-refractivity contribution in [2.45, 2.75) is 32.4 Å². The lowest BCUT2D eigenvalue weighted by Crippen LogP contribution is -2.32. The first-order valence-electron chi connectivity index (χ1n) is 7.14. The average Bonchev–Trinajstić information content (AvgIpc) is 2.72. The molecule has 21 heavy (non-hydrogen) atoms. The second kappa shape index (κ2) is 7.07. The lowest BCUT2D eigenvalue weighted by Gasteiger charge is -2.24. The van der Waals surface area contributed by atoms with Crippen molar-refractivity contribution in [3.05, 3.63) is 52.3 Å². The molecule has 2 rings (SSSR count). The first kappa shape index (κ1) is 16.0. The highest BCUT2D eigenvalue weighted by atomic mass is 35.5.